The van der Waals surface area contributed by atoms with E-state index in [2.05, 4.69) is 83.8 Å². The Morgan fingerprint density at radius 2 is 1.41 bits per heavy atom. The summed E-state index contributed by atoms with van der Waals surface area (Å²) in [4.78, 5) is 13.4. The molecule has 0 N–H and O–H groups in total. The van der Waals surface area contributed by atoms with Gasteiger partial charge < -0.3 is 13.8 Å². The van der Waals surface area contributed by atoms with E-state index in [9.17, 15) is 0 Å². The predicted octanol–water partition coefficient (Wildman–Crippen LogP) is 8.35. The standard InChI is InChI=1S/C18H16N.2C11H7N2.Ir/c1-18-13-7-12-8-16(18)17(11-5-3-2-4-6-11)19-10-14(12)15(18)9-13;2*1-2-4-10-9(3-1)5-7-13-8-6-12-11(10)13;/h2-5,8,10,13,15-16H,7,9H2,1H3;2*1-3,5-8H;/q3*-1;+3. The Morgan fingerprint density at radius 3 is 2.04 bits per heavy atom. The van der Waals surface area contributed by atoms with E-state index in [1.807, 2.05) is 70.0 Å². The third-order valence-corrected chi connectivity index (χ3v) is 10.4. The minimum atomic E-state index is 0. The van der Waals surface area contributed by atoms with Gasteiger partial charge in [0.25, 0.3) is 0 Å². The van der Waals surface area contributed by atoms with Crippen molar-refractivity contribution >= 4 is 38.6 Å². The number of imidazole rings is 2. The van der Waals surface area contributed by atoms with Crippen molar-refractivity contribution in [1.82, 2.24) is 18.8 Å². The number of hydrogen-bond acceptors (Lipinski definition) is 3. The van der Waals surface area contributed by atoms with E-state index in [1.54, 1.807) is 18.0 Å². The van der Waals surface area contributed by atoms with Crippen LogP contribution in [0.3, 0.4) is 0 Å². The summed E-state index contributed by atoms with van der Waals surface area (Å²) in [5, 5.41) is 4.52. The van der Waals surface area contributed by atoms with Crippen molar-refractivity contribution in [3.8, 4) is 0 Å². The van der Waals surface area contributed by atoms with Crippen LogP contribution in [0.1, 0.15) is 25.3 Å². The van der Waals surface area contributed by atoms with Crippen molar-refractivity contribution in [2.24, 2.45) is 28.2 Å². The van der Waals surface area contributed by atoms with Gasteiger partial charge in [0, 0.05) is 31.0 Å². The minimum absolute atomic E-state index is 0. The van der Waals surface area contributed by atoms with Gasteiger partial charge in [0.1, 0.15) is 0 Å². The van der Waals surface area contributed by atoms with Crippen molar-refractivity contribution in [3.63, 3.8) is 0 Å². The number of allylic oxidation sites excluding steroid dienone is 3. The summed E-state index contributed by atoms with van der Waals surface area (Å²) in [5.74, 6) is 2.15. The molecule has 6 aliphatic rings. The maximum Gasteiger partial charge on any atom is 3.00 e. The summed E-state index contributed by atoms with van der Waals surface area (Å²) in [6.07, 6.45) is 18.8. The molecule has 2 saturated carbocycles. The van der Waals surface area contributed by atoms with Crippen molar-refractivity contribution in [1.29, 1.82) is 0 Å². The third kappa shape index (κ3) is 4.43. The van der Waals surface area contributed by atoms with E-state index in [0.29, 0.717) is 11.3 Å². The van der Waals surface area contributed by atoms with Crippen LogP contribution in [-0.4, -0.2) is 24.5 Å². The van der Waals surface area contributed by atoms with Crippen LogP contribution < -0.4 is 0 Å². The topological polar surface area (TPSA) is 47.0 Å². The smallest absolute Gasteiger partial charge is 0.347 e. The van der Waals surface area contributed by atoms with E-state index in [4.69, 9.17) is 4.99 Å². The van der Waals surface area contributed by atoms with Crippen LogP contribution in [0.15, 0.2) is 138 Å². The molecule has 6 bridgehead atoms. The quantitative estimate of drug-likeness (QED) is 0.158. The summed E-state index contributed by atoms with van der Waals surface area (Å²) in [7, 11) is 0. The van der Waals surface area contributed by atoms with E-state index in [-0.39, 0.29) is 20.1 Å². The summed E-state index contributed by atoms with van der Waals surface area (Å²) in [5.41, 5.74) is 7.90. The second kappa shape index (κ2) is 11.3. The van der Waals surface area contributed by atoms with Gasteiger partial charge in [-0.3, -0.25) is 9.97 Å². The molecular formula is C40H30IrN5. The molecule has 46 heavy (non-hydrogen) atoms. The van der Waals surface area contributed by atoms with Crippen molar-refractivity contribution in [2.45, 2.75) is 19.8 Å². The van der Waals surface area contributed by atoms with Crippen LogP contribution in [0.25, 0.3) is 32.8 Å². The summed E-state index contributed by atoms with van der Waals surface area (Å²) >= 11 is 0. The van der Waals surface area contributed by atoms with Crippen LogP contribution in [0.5, 0.6) is 0 Å². The monoisotopic (exact) mass is 773 g/mol. The van der Waals surface area contributed by atoms with Gasteiger partial charge in [-0.2, -0.15) is 0 Å². The van der Waals surface area contributed by atoms with Crippen molar-refractivity contribution in [2.75, 3.05) is 0 Å². The summed E-state index contributed by atoms with van der Waals surface area (Å²) in [6, 6.07) is 34.1. The van der Waals surface area contributed by atoms with Gasteiger partial charge in [0.15, 0.2) is 0 Å². The first-order valence-corrected chi connectivity index (χ1v) is 15.6. The molecule has 7 aromatic rings. The molecule has 13 rings (SSSR count). The molecule has 4 aromatic heterocycles. The minimum Gasteiger partial charge on any atom is -0.347 e. The van der Waals surface area contributed by atoms with Crippen molar-refractivity contribution in [3.05, 3.63) is 157 Å². The maximum atomic E-state index is 4.85. The zero-order valence-corrected chi connectivity index (χ0v) is 27.7. The molecule has 4 unspecified atom stereocenters. The Bertz CT molecular complexity index is 2220. The van der Waals surface area contributed by atoms with E-state index >= 15 is 0 Å². The molecular weight excluding hydrogens is 743 g/mol. The Balaban J connectivity index is 0.000000104. The number of aliphatic imine (C=N–C) groups is 1. The van der Waals surface area contributed by atoms with E-state index in [0.717, 1.165) is 33.9 Å². The number of pyridine rings is 2. The molecule has 4 atom stereocenters. The second-order valence-electron chi connectivity index (χ2n) is 12.5. The predicted molar refractivity (Wildman–Crippen MR) is 179 cm³/mol. The van der Waals surface area contributed by atoms with E-state index in [1.165, 1.54) is 40.5 Å². The maximum absolute atomic E-state index is 4.85. The molecule has 4 aliphatic carbocycles. The largest absolute Gasteiger partial charge is 3.00 e. The summed E-state index contributed by atoms with van der Waals surface area (Å²) in [6.45, 7) is 2.49. The zero-order valence-electron chi connectivity index (χ0n) is 25.3. The van der Waals surface area contributed by atoms with Crippen LogP contribution >= 0.6 is 0 Å². The average molecular weight is 773 g/mol. The number of nitrogens with zero attached hydrogens (tertiary/aromatic N) is 5. The van der Waals surface area contributed by atoms with Crippen LogP contribution in [0.2, 0.25) is 0 Å². The van der Waals surface area contributed by atoms with Gasteiger partial charge in [0.05, 0.1) is 11.3 Å². The summed E-state index contributed by atoms with van der Waals surface area (Å²) < 4.78 is 4.00. The number of benzene rings is 3. The number of fused-ring (bicyclic) bond motifs is 7. The van der Waals surface area contributed by atoms with Crippen molar-refractivity contribution < 1.29 is 20.1 Å². The number of aromatic nitrogens is 4. The first-order valence-electron chi connectivity index (χ1n) is 15.6. The molecule has 2 fully saturated rings. The second-order valence-corrected chi connectivity index (χ2v) is 12.5. The Hall–Kier alpha value is -4.64. The molecule has 6 heteroatoms. The zero-order chi connectivity index (χ0) is 30.0. The van der Waals surface area contributed by atoms with Gasteiger partial charge in [0.2, 0.25) is 0 Å². The Kier molecular flexibility index (Phi) is 7.08. The Labute approximate surface area is 281 Å². The van der Waals surface area contributed by atoms with Gasteiger partial charge in [-0.25, -0.2) is 0 Å². The normalized spacial score (nSPS) is 23.2. The molecule has 0 spiro atoms. The number of rotatable bonds is 1. The first kappa shape index (κ1) is 28.8. The van der Waals surface area contributed by atoms with Crippen LogP contribution in [0, 0.1) is 41.4 Å². The van der Waals surface area contributed by atoms with Gasteiger partial charge in [-0.05, 0) is 65.3 Å². The molecule has 0 radical (unpaired) electrons. The fourth-order valence-corrected chi connectivity index (χ4v) is 8.00. The molecule has 5 nitrogen and oxygen atoms in total. The molecule has 3 aromatic carbocycles. The van der Waals surface area contributed by atoms with Crippen LogP contribution in [0.4, 0.5) is 0 Å². The molecule has 0 saturated heterocycles. The van der Waals surface area contributed by atoms with Gasteiger partial charge in [-0.1, -0.05) is 25.1 Å². The fourth-order valence-electron chi connectivity index (χ4n) is 8.00. The molecule has 0 amide bonds. The Morgan fingerprint density at radius 1 is 0.761 bits per heavy atom. The molecule has 224 valence electrons. The molecule has 6 heterocycles. The van der Waals surface area contributed by atoms with Gasteiger partial charge in [-0.15, -0.1) is 106 Å². The van der Waals surface area contributed by atoms with E-state index < -0.39 is 0 Å². The SMILES string of the molecule is CC12C3CC4=CC1C(c1[c-]cccc1)=NC=C4C2C3.[Ir+3].[c-]1cccc2ccn3ccnc3c12.[c-]1cccc2ccn3ccnc3c12. The first-order chi connectivity index (χ1) is 22.2. The fraction of sp³-hybridized carbons (Fsp3) is 0.175. The number of hydrogen-bond donors (Lipinski definition) is 0. The van der Waals surface area contributed by atoms with Crippen LogP contribution in [-0.2, 0) is 20.1 Å². The molecule has 2 aliphatic heterocycles. The van der Waals surface area contributed by atoms with Gasteiger partial charge >= 0.3 is 20.1 Å². The average Bonchev–Trinajstić information content (AvgIpc) is 3.73. The third-order valence-electron chi connectivity index (χ3n) is 10.4.